The number of hydrogen-bond acceptors (Lipinski definition) is 7. The minimum absolute atomic E-state index is 0.139. The molecule has 134 valence electrons. The molecule has 1 aliphatic rings. The van der Waals surface area contributed by atoms with E-state index in [0.29, 0.717) is 23.1 Å². The molecular formula is C18H19FN6S. The molecule has 8 heteroatoms. The van der Waals surface area contributed by atoms with Crippen LogP contribution in [0.5, 0.6) is 0 Å². The predicted octanol–water partition coefficient (Wildman–Crippen LogP) is 3.86. The van der Waals surface area contributed by atoms with Gasteiger partial charge in [-0.1, -0.05) is 29.5 Å². The van der Waals surface area contributed by atoms with Gasteiger partial charge in [-0.2, -0.15) is 0 Å². The monoisotopic (exact) mass is 370 g/mol. The van der Waals surface area contributed by atoms with Gasteiger partial charge < -0.3 is 5.32 Å². The molecule has 4 rings (SSSR count). The number of aromatic nitrogens is 4. The van der Waals surface area contributed by atoms with E-state index in [2.05, 4.69) is 25.4 Å². The molecule has 3 heterocycles. The lowest BCUT2D eigenvalue weighted by Gasteiger charge is -2.24. The minimum Gasteiger partial charge on any atom is -0.313 e. The van der Waals surface area contributed by atoms with Gasteiger partial charge in [0.1, 0.15) is 10.8 Å². The standard InChI is InChI=1S/C18H19FN6S/c1-12-23-24-18(26-12)22-17-10-20-9-15(21-17)16-7-4-8-25(16)11-13-5-2-3-6-14(13)19/h2-3,5-6,9-10,16H,4,7-8,11H2,1H3,(H,21,22,24)/t16-/m0/s1. The number of nitrogens with zero attached hydrogens (tertiary/aromatic N) is 5. The van der Waals surface area contributed by atoms with Gasteiger partial charge in [0.15, 0.2) is 5.82 Å². The van der Waals surface area contributed by atoms with E-state index in [1.165, 1.54) is 17.4 Å². The summed E-state index contributed by atoms with van der Waals surface area (Å²) in [6, 6.07) is 7.08. The third-order valence-electron chi connectivity index (χ3n) is 4.45. The fraction of sp³-hybridized carbons (Fsp3) is 0.333. The van der Waals surface area contributed by atoms with Gasteiger partial charge in [-0.05, 0) is 32.4 Å². The number of rotatable bonds is 5. The van der Waals surface area contributed by atoms with Crippen molar-refractivity contribution in [2.45, 2.75) is 32.4 Å². The van der Waals surface area contributed by atoms with Crippen LogP contribution in [-0.4, -0.2) is 31.6 Å². The molecule has 1 N–H and O–H groups in total. The molecule has 0 bridgehead atoms. The third kappa shape index (κ3) is 3.71. The van der Waals surface area contributed by atoms with Gasteiger partial charge in [-0.25, -0.2) is 9.37 Å². The van der Waals surface area contributed by atoms with Crippen LogP contribution in [0.25, 0.3) is 0 Å². The van der Waals surface area contributed by atoms with E-state index in [9.17, 15) is 4.39 Å². The number of halogens is 1. The molecule has 6 nitrogen and oxygen atoms in total. The van der Waals surface area contributed by atoms with E-state index < -0.39 is 0 Å². The molecule has 0 radical (unpaired) electrons. The maximum atomic E-state index is 14.0. The quantitative estimate of drug-likeness (QED) is 0.736. The second-order valence-corrected chi connectivity index (χ2v) is 7.48. The summed E-state index contributed by atoms with van der Waals surface area (Å²) in [5, 5.41) is 12.8. The Labute approximate surface area is 155 Å². The second-order valence-electron chi connectivity index (χ2n) is 6.30. The maximum Gasteiger partial charge on any atom is 0.211 e. The number of aryl methyl sites for hydroxylation is 1. The Morgan fingerprint density at radius 2 is 2.15 bits per heavy atom. The molecule has 26 heavy (non-hydrogen) atoms. The smallest absolute Gasteiger partial charge is 0.211 e. The first kappa shape index (κ1) is 17.0. The molecule has 0 saturated carbocycles. The molecule has 3 aromatic rings. The molecule has 2 aromatic heterocycles. The van der Waals surface area contributed by atoms with E-state index >= 15 is 0 Å². The molecule has 1 fully saturated rings. The highest BCUT2D eigenvalue weighted by atomic mass is 32.1. The Kier molecular flexibility index (Phi) is 4.85. The van der Waals surface area contributed by atoms with Crippen LogP contribution < -0.4 is 5.32 Å². The van der Waals surface area contributed by atoms with Crippen LogP contribution in [0.1, 0.15) is 35.1 Å². The van der Waals surface area contributed by atoms with Crippen LogP contribution in [0.3, 0.4) is 0 Å². The summed E-state index contributed by atoms with van der Waals surface area (Å²) in [7, 11) is 0. The Hall–Kier alpha value is -2.45. The highest BCUT2D eigenvalue weighted by Crippen LogP contribution is 2.33. The van der Waals surface area contributed by atoms with E-state index in [1.807, 2.05) is 19.1 Å². The van der Waals surface area contributed by atoms with Crippen molar-refractivity contribution in [1.82, 2.24) is 25.1 Å². The van der Waals surface area contributed by atoms with Crippen LogP contribution in [0.15, 0.2) is 36.7 Å². The van der Waals surface area contributed by atoms with Gasteiger partial charge in [0, 0.05) is 12.1 Å². The molecule has 1 aliphatic heterocycles. The normalized spacial score (nSPS) is 17.5. The van der Waals surface area contributed by atoms with Gasteiger partial charge in [-0.15, -0.1) is 10.2 Å². The van der Waals surface area contributed by atoms with Crippen LogP contribution in [0.4, 0.5) is 15.3 Å². The van der Waals surface area contributed by atoms with Crippen molar-refractivity contribution in [2.75, 3.05) is 11.9 Å². The molecule has 0 aliphatic carbocycles. The zero-order valence-corrected chi connectivity index (χ0v) is 15.2. The fourth-order valence-electron chi connectivity index (χ4n) is 3.25. The van der Waals surface area contributed by atoms with Gasteiger partial charge in [-0.3, -0.25) is 9.88 Å². The van der Waals surface area contributed by atoms with Crippen molar-refractivity contribution >= 4 is 22.3 Å². The first-order valence-corrected chi connectivity index (χ1v) is 9.37. The number of anilines is 2. The summed E-state index contributed by atoms with van der Waals surface area (Å²) in [5.74, 6) is 0.489. The first-order valence-electron chi connectivity index (χ1n) is 8.55. The Balaban J connectivity index is 1.52. The summed E-state index contributed by atoms with van der Waals surface area (Å²) in [4.78, 5) is 11.3. The van der Waals surface area contributed by atoms with Crippen molar-refractivity contribution in [1.29, 1.82) is 0 Å². The van der Waals surface area contributed by atoms with E-state index in [-0.39, 0.29) is 11.9 Å². The Bertz CT molecular complexity index is 899. The molecular weight excluding hydrogens is 351 g/mol. The number of likely N-dealkylation sites (tertiary alicyclic amines) is 1. The van der Waals surface area contributed by atoms with Crippen LogP contribution in [0.2, 0.25) is 0 Å². The predicted molar refractivity (Wildman–Crippen MR) is 98.7 cm³/mol. The third-order valence-corrected chi connectivity index (χ3v) is 5.20. The lowest BCUT2D eigenvalue weighted by atomic mass is 10.1. The van der Waals surface area contributed by atoms with Crippen molar-refractivity contribution in [2.24, 2.45) is 0 Å². The minimum atomic E-state index is -0.161. The number of nitrogens with one attached hydrogen (secondary N) is 1. The molecule has 1 aromatic carbocycles. The highest BCUT2D eigenvalue weighted by Gasteiger charge is 2.28. The van der Waals surface area contributed by atoms with E-state index in [1.54, 1.807) is 18.5 Å². The lowest BCUT2D eigenvalue weighted by molar-refractivity contribution is 0.241. The summed E-state index contributed by atoms with van der Waals surface area (Å²) < 4.78 is 14.0. The van der Waals surface area contributed by atoms with Gasteiger partial charge in [0.05, 0.1) is 24.1 Å². The average Bonchev–Trinajstić information content (AvgIpc) is 3.26. The molecule has 0 amide bonds. The van der Waals surface area contributed by atoms with E-state index in [0.717, 1.165) is 30.1 Å². The number of benzene rings is 1. The van der Waals surface area contributed by atoms with Gasteiger partial charge >= 0.3 is 0 Å². The SMILES string of the molecule is Cc1nnc(Nc2cncc([C@@H]3CCCN3Cc3ccccc3F)n2)s1. The zero-order chi connectivity index (χ0) is 17.9. The second kappa shape index (κ2) is 7.43. The summed E-state index contributed by atoms with van der Waals surface area (Å²) in [5.41, 5.74) is 1.61. The topological polar surface area (TPSA) is 66.8 Å². The van der Waals surface area contributed by atoms with E-state index in [4.69, 9.17) is 4.98 Å². The largest absolute Gasteiger partial charge is 0.313 e. The molecule has 0 spiro atoms. The van der Waals surface area contributed by atoms with Crippen LogP contribution in [0, 0.1) is 12.7 Å². The summed E-state index contributed by atoms with van der Waals surface area (Å²) in [6.45, 7) is 3.41. The maximum absolute atomic E-state index is 14.0. The highest BCUT2D eigenvalue weighted by molar-refractivity contribution is 7.15. The average molecular weight is 370 g/mol. The molecule has 0 unspecified atom stereocenters. The van der Waals surface area contributed by atoms with Crippen molar-refractivity contribution in [3.63, 3.8) is 0 Å². The fourth-order valence-corrected chi connectivity index (χ4v) is 3.85. The summed E-state index contributed by atoms with van der Waals surface area (Å²) in [6.07, 6.45) is 5.52. The molecule has 1 saturated heterocycles. The van der Waals surface area contributed by atoms with Crippen molar-refractivity contribution in [3.05, 3.63) is 58.7 Å². The van der Waals surface area contributed by atoms with Crippen molar-refractivity contribution in [3.8, 4) is 0 Å². The molecule has 1 atom stereocenters. The first-order chi connectivity index (χ1) is 12.7. The van der Waals surface area contributed by atoms with Crippen LogP contribution >= 0.6 is 11.3 Å². The number of hydrogen-bond donors (Lipinski definition) is 1. The Morgan fingerprint density at radius 3 is 2.96 bits per heavy atom. The van der Waals surface area contributed by atoms with Crippen molar-refractivity contribution < 1.29 is 4.39 Å². The summed E-state index contributed by atoms with van der Waals surface area (Å²) >= 11 is 1.47. The Morgan fingerprint density at radius 1 is 1.27 bits per heavy atom. The lowest BCUT2D eigenvalue weighted by Crippen LogP contribution is -2.24. The van der Waals surface area contributed by atoms with Gasteiger partial charge in [0.2, 0.25) is 5.13 Å². The van der Waals surface area contributed by atoms with Crippen LogP contribution in [-0.2, 0) is 6.54 Å². The zero-order valence-electron chi connectivity index (χ0n) is 14.4. The van der Waals surface area contributed by atoms with Gasteiger partial charge in [0.25, 0.3) is 0 Å².